The molecular formula is C20H24O4. The molecule has 0 amide bonds. The van der Waals surface area contributed by atoms with Gasteiger partial charge in [-0.15, -0.1) is 0 Å². The van der Waals surface area contributed by atoms with Gasteiger partial charge in [-0.05, 0) is 49.6 Å². The summed E-state index contributed by atoms with van der Waals surface area (Å²) in [6.45, 7) is 8.24. The molecule has 0 unspecified atom stereocenters. The van der Waals surface area contributed by atoms with Crippen molar-refractivity contribution in [2.24, 2.45) is 0 Å². The van der Waals surface area contributed by atoms with Gasteiger partial charge >= 0.3 is 5.97 Å². The molecule has 0 aromatic heterocycles. The molecule has 2 aromatic carbocycles. The van der Waals surface area contributed by atoms with E-state index in [2.05, 4.69) is 19.1 Å². The van der Waals surface area contributed by atoms with Crippen LogP contribution in [-0.4, -0.2) is 12.6 Å². The maximum Gasteiger partial charge on any atom is 0.308 e. The third kappa shape index (κ3) is 4.51. The first-order valence-corrected chi connectivity index (χ1v) is 8.20. The minimum atomic E-state index is -0.367. The van der Waals surface area contributed by atoms with Gasteiger partial charge in [0.1, 0.15) is 23.9 Å². The molecule has 0 N–H and O–H groups in total. The van der Waals surface area contributed by atoms with E-state index >= 15 is 0 Å². The van der Waals surface area contributed by atoms with Gasteiger partial charge in [0.05, 0.1) is 12.2 Å². The first kappa shape index (κ1) is 17.9. The number of ether oxygens (including phenoxy) is 3. The Morgan fingerprint density at radius 3 is 2.38 bits per heavy atom. The van der Waals surface area contributed by atoms with Crippen molar-refractivity contribution in [3.63, 3.8) is 0 Å². The second kappa shape index (κ2) is 8.39. The Morgan fingerprint density at radius 2 is 1.75 bits per heavy atom. The third-order valence-electron chi connectivity index (χ3n) is 3.66. The highest BCUT2D eigenvalue weighted by Crippen LogP contribution is 2.31. The molecule has 128 valence electrons. The zero-order valence-corrected chi connectivity index (χ0v) is 14.7. The molecular weight excluding hydrogens is 304 g/mol. The van der Waals surface area contributed by atoms with Gasteiger partial charge in [-0.25, -0.2) is 0 Å². The predicted molar refractivity (Wildman–Crippen MR) is 93.8 cm³/mol. The first-order chi connectivity index (χ1) is 11.5. The van der Waals surface area contributed by atoms with Crippen LogP contribution in [0, 0.1) is 6.92 Å². The van der Waals surface area contributed by atoms with E-state index in [-0.39, 0.29) is 12.6 Å². The van der Waals surface area contributed by atoms with Crippen molar-refractivity contribution >= 4 is 5.97 Å². The topological polar surface area (TPSA) is 44.8 Å². The van der Waals surface area contributed by atoms with Gasteiger partial charge < -0.3 is 14.2 Å². The van der Waals surface area contributed by atoms with Crippen LogP contribution in [0.5, 0.6) is 17.2 Å². The van der Waals surface area contributed by atoms with E-state index in [9.17, 15) is 4.79 Å². The van der Waals surface area contributed by atoms with Crippen molar-refractivity contribution < 1.29 is 19.0 Å². The van der Waals surface area contributed by atoms with Crippen LogP contribution in [0.3, 0.4) is 0 Å². The SMILES string of the molecule is CCOc1cccc(OC(C)=O)c1COc1ccc(CC)cc1C. The molecule has 0 saturated heterocycles. The molecule has 2 aromatic rings. The Morgan fingerprint density at radius 1 is 1.00 bits per heavy atom. The fraction of sp³-hybridized carbons (Fsp3) is 0.350. The Hall–Kier alpha value is -2.49. The summed E-state index contributed by atoms with van der Waals surface area (Å²) < 4.78 is 16.9. The van der Waals surface area contributed by atoms with Crippen LogP contribution in [-0.2, 0) is 17.8 Å². The quantitative estimate of drug-likeness (QED) is 0.556. The third-order valence-corrected chi connectivity index (χ3v) is 3.66. The molecule has 4 nitrogen and oxygen atoms in total. The number of rotatable bonds is 7. The van der Waals surface area contributed by atoms with Crippen molar-refractivity contribution in [1.82, 2.24) is 0 Å². The number of esters is 1. The lowest BCUT2D eigenvalue weighted by Crippen LogP contribution is -2.08. The minimum absolute atomic E-state index is 0.269. The maximum atomic E-state index is 11.3. The average Bonchev–Trinajstić information content (AvgIpc) is 2.55. The smallest absolute Gasteiger partial charge is 0.308 e. The van der Waals surface area contributed by atoms with Crippen molar-refractivity contribution in [1.29, 1.82) is 0 Å². The maximum absolute atomic E-state index is 11.3. The molecule has 0 fully saturated rings. The molecule has 0 spiro atoms. The van der Waals surface area contributed by atoms with Crippen molar-refractivity contribution in [3.8, 4) is 17.2 Å². The molecule has 0 aliphatic rings. The van der Waals surface area contributed by atoms with Gasteiger partial charge in [0.2, 0.25) is 0 Å². The van der Waals surface area contributed by atoms with Gasteiger partial charge in [0.25, 0.3) is 0 Å². The lowest BCUT2D eigenvalue weighted by Gasteiger charge is -2.16. The summed E-state index contributed by atoms with van der Waals surface area (Å²) in [4.78, 5) is 11.3. The van der Waals surface area contributed by atoms with Crippen LogP contribution in [0.4, 0.5) is 0 Å². The van der Waals surface area contributed by atoms with Crippen LogP contribution >= 0.6 is 0 Å². The lowest BCUT2D eigenvalue weighted by molar-refractivity contribution is -0.131. The van der Waals surface area contributed by atoms with Gasteiger partial charge in [0, 0.05) is 6.92 Å². The monoisotopic (exact) mass is 328 g/mol. The molecule has 0 heterocycles. The zero-order chi connectivity index (χ0) is 17.5. The average molecular weight is 328 g/mol. The summed E-state index contributed by atoms with van der Waals surface area (Å²) >= 11 is 0. The van der Waals surface area contributed by atoms with E-state index < -0.39 is 0 Å². The highest BCUT2D eigenvalue weighted by atomic mass is 16.5. The molecule has 0 saturated carbocycles. The van der Waals surface area contributed by atoms with Crippen LogP contribution in [0.2, 0.25) is 0 Å². The van der Waals surface area contributed by atoms with Crippen molar-refractivity contribution in [2.45, 2.75) is 40.7 Å². The number of aryl methyl sites for hydroxylation is 2. The van der Waals surface area contributed by atoms with Crippen LogP contribution < -0.4 is 14.2 Å². The highest BCUT2D eigenvalue weighted by Gasteiger charge is 2.14. The molecule has 0 bridgehead atoms. The number of carbonyl (C=O) groups is 1. The van der Waals surface area contributed by atoms with Crippen molar-refractivity contribution in [3.05, 3.63) is 53.1 Å². The molecule has 0 aliphatic heterocycles. The van der Waals surface area contributed by atoms with E-state index in [1.165, 1.54) is 12.5 Å². The summed E-state index contributed by atoms with van der Waals surface area (Å²) in [5, 5.41) is 0. The summed E-state index contributed by atoms with van der Waals surface area (Å²) in [6.07, 6.45) is 0.991. The van der Waals surface area contributed by atoms with E-state index in [4.69, 9.17) is 14.2 Å². The summed E-state index contributed by atoms with van der Waals surface area (Å²) in [5.41, 5.74) is 3.08. The largest absolute Gasteiger partial charge is 0.493 e. The van der Waals surface area contributed by atoms with Gasteiger partial charge in [-0.1, -0.05) is 25.1 Å². The zero-order valence-electron chi connectivity index (χ0n) is 14.7. The lowest BCUT2D eigenvalue weighted by atomic mass is 10.1. The van der Waals surface area contributed by atoms with E-state index in [1.807, 2.05) is 26.0 Å². The van der Waals surface area contributed by atoms with Crippen molar-refractivity contribution in [2.75, 3.05) is 6.61 Å². The molecule has 24 heavy (non-hydrogen) atoms. The molecule has 0 atom stereocenters. The second-order valence-corrected chi connectivity index (χ2v) is 5.50. The normalized spacial score (nSPS) is 10.3. The van der Waals surface area contributed by atoms with Gasteiger partial charge in [0.15, 0.2) is 0 Å². The predicted octanol–water partition coefficient (Wildman–Crippen LogP) is 4.46. The van der Waals surface area contributed by atoms with Crippen LogP contribution in [0.15, 0.2) is 36.4 Å². The Kier molecular flexibility index (Phi) is 6.24. The summed E-state index contributed by atoms with van der Waals surface area (Å²) in [7, 11) is 0. The fourth-order valence-electron chi connectivity index (χ4n) is 2.47. The minimum Gasteiger partial charge on any atom is -0.493 e. The summed E-state index contributed by atoms with van der Waals surface area (Å²) in [6, 6.07) is 11.6. The van der Waals surface area contributed by atoms with E-state index in [0.717, 1.165) is 23.3 Å². The molecule has 2 rings (SSSR count). The Bertz CT molecular complexity index is 707. The van der Waals surface area contributed by atoms with E-state index in [1.54, 1.807) is 12.1 Å². The second-order valence-electron chi connectivity index (χ2n) is 5.50. The number of hydrogen-bond acceptors (Lipinski definition) is 4. The molecule has 0 aliphatic carbocycles. The number of carbonyl (C=O) groups excluding carboxylic acids is 1. The Labute approximate surface area is 143 Å². The number of benzene rings is 2. The van der Waals surface area contributed by atoms with E-state index in [0.29, 0.717) is 18.1 Å². The Balaban J connectivity index is 2.25. The van der Waals surface area contributed by atoms with Gasteiger partial charge in [-0.3, -0.25) is 4.79 Å². The highest BCUT2D eigenvalue weighted by molar-refractivity contribution is 5.70. The fourth-order valence-corrected chi connectivity index (χ4v) is 2.47. The molecule has 0 radical (unpaired) electrons. The standard InChI is InChI=1S/C20H24O4/c1-5-16-10-11-18(14(3)12-16)23-13-17-19(22-6-2)8-7-9-20(17)24-15(4)21/h7-12H,5-6,13H2,1-4H3. The van der Waals surface area contributed by atoms with Gasteiger partial charge in [-0.2, -0.15) is 0 Å². The first-order valence-electron chi connectivity index (χ1n) is 8.20. The number of hydrogen-bond donors (Lipinski definition) is 0. The van der Waals surface area contributed by atoms with Crippen LogP contribution in [0.25, 0.3) is 0 Å². The summed E-state index contributed by atoms with van der Waals surface area (Å²) in [5.74, 6) is 1.58. The molecule has 4 heteroatoms. The van der Waals surface area contributed by atoms with Crippen LogP contribution in [0.1, 0.15) is 37.5 Å².